The lowest BCUT2D eigenvalue weighted by Crippen LogP contribution is -2.45. The summed E-state index contributed by atoms with van der Waals surface area (Å²) in [4.78, 5) is 36.3. The van der Waals surface area contributed by atoms with Gasteiger partial charge >= 0.3 is 0 Å². The summed E-state index contributed by atoms with van der Waals surface area (Å²) >= 11 is 0. The van der Waals surface area contributed by atoms with E-state index in [2.05, 4.69) is 20.2 Å². The van der Waals surface area contributed by atoms with Gasteiger partial charge in [0.1, 0.15) is 18.8 Å². The summed E-state index contributed by atoms with van der Waals surface area (Å²) in [6.07, 6.45) is 5.53. The molecule has 1 saturated heterocycles. The Balaban J connectivity index is 1.54. The van der Waals surface area contributed by atoms with Gasteiger partial charge in [-0.15, -0.1) is 0 Å². The van der Waals surface area contributed by atoms with Crippen molar-refractivity contribution in [2.24, 2.45) is 0 Å². The number of hydrogen-bond acceptors (Lipinski definition) is 10. The van der Waals surface area contributed by atoms with Gasteiger partial charge < -0.3 is 29.2 Å². The third-order valence-corrected chi connectivity index (χ3v) is 6.73. The molecule has 208 valence electrons. The fourth-order valence-corrected chi connectivity index (χ4v) is 5.01. The Morgan fingerprint density at radius 1 is 1.00 bits per heavy atom. The zero-order chi connectivity index (χ0) is 28.2. The number of fused-ring (bicyclic) bond motifs is 1. The third kappa shape index (κ3) is 5.83. The SMILES string of the molecule is COCCOc1cc2ncnc(Nc3ccc(N4C[C@@H](C)O[C@@H](C)C4)c(C4=CC(=O)C=CC4=O)c3)c2cc1OC. The average Bonchev–Trinajstić information content (AvgIpc) is 2.93. The summed E-state index contributed by atoms with van der Waals surface area (Å²) in [5.41, 5.74) is 3.24. The second-order valence-electron chi connectivity index (χ2n) is 9.76. The third-order valence-electron chi connectivity index (χ3n) is 6.73. The Labute approximate surface area is 232 Å². The average molecular weight is 545 g/mol. The number of aromatic nitrogens is 2. The number of morpholine rings is 1. The molecule has 3 aromatic rings. The molecule has 0 spiro atoms. The van der Waals surface area contributed by atoms with Crippen LogP contribution >= 0.6 is 0 Å². The van der Waals surface area contributed by atoms with E-state index in [1.54, 1.807) is 20.3 Å². The molecule has 1 aromatic heterocycles. The Hall–Kier alpha value is -4.28. The molecular weight excluding hydrogens is 512 g/mol. The molecule has 1 fully saturated rings. The number of benzene rings is 2. The number of hydrogen-bond donors (Lipinski definition) is 1. The van der Waals surface area contributed by atoms with Crippen LogP contribution in [0.3, 0.4) is 0 Å². The minimum absolute atomic E-state index is 0.0256. The van der Waals surface area contributed by atoms with E-state index in [4.69, 9.17) is 18.9 Å². The Morgan fingerprint density at radius 2 is 1.80 bits per heavy atom. The number of nitrogens with zero attached hydrogens (tertiary/aromatic N) is 3. The second kappa shape index (κ2) is 11.8. The zero-order valence-electron chi connectivity index (χ0n) is 23.0. The van der Waals surface area contributed by atoms with Gasteiger partial charge in [-0.25, -0.2) is 9.97 Å². The van der Waals surface area contributed by atoms with Crippen molar-refractivity contribution in [1.29, 1.82) is 0 Å². The van der Waals surface area contributed by atoms with Crippen molar-refractivity contribution in [2.75, 3.05) is 50.7 Å². The molecule has 1 aliphatic carbocycles. The highest BCUT2D eigenvalue weighted by Gasteiger charge is 2.27. The van der Waals surface area contributed by atoms with E-state index in [0.717, 1.165) is 11.1 Å². The molecule has 2 atom stereocenters. The summed E-state index contributed by atoms with van der Waals surface area (Å²) in [6, 6.07) is 9.40. The number of ketones is 2. The van der Waals surface area contributed by atoms with Crippen LogP contribution in [0.1, 0.15) is 19.4 Å². The van der Waals surface area contributed by atoms with Crippen molar-refractivity contribution < 1.29 is 28.5 Å². The van der Waals surface area contributed by atoms with Gasteiger partial charge in [0.05, 0.1) is 31.4 Å². The van der Waals surface area contributed by atoms with E-state index >= 15 is 0 Å². The Bertz CT molecular complexity index is 1490. The molecule has 5 rings (SSSR count). The van der Waals surface area contributed by atoms with Gasteiger partial charge in [0, 0.05) is 54.2 Å². The molecule has 0 unspecified atom stereocenters. The number of nitrogens with one attached hydrogen (secondary N) is 1. The molecule has 10 nitrogen and oxygen atoms in total. The molecule has 0 bridgehead atoms. The lowest BCUT2D eigenvalue weighted by atomic mass is 9.93. The molecule has 2 aromatic carbocycles. The first-order chi connectivity index (χ1) is 19.4. The number of rotatable bonds is 9. The maximum Gasteiger partial charge on any atom is 0.186 e. The molecular formula is C30H32N4O6. The normalized spacial score (nSPS) is 19.1. The first-order valence-electron chi connectivity index (χ1n) is 13.1. The highest BCUT2D eigenvalue weighted by Crippen LogP contribution is 2.37. The standard InChI is InChI=1S/C30H32N4O6/c1-18-15-34(16-19(2)40-18)26-7-5-20(11-22(26)23-12-21(35)6-8-27(23)36)33-30-24-13-28(38-4)29(39-10-9-37-3)14-25(24)31-17-32-30/h5-8,11-14,17-19H,9-10,15-16H2,1-4H3,(H,31,32,33)/t18-,19+. The monoisotopic (exact) mass is 544 g/mol. The van der Waals surface area contributed by atoms with Crippen molar-refractivity contribution in [3.63, 3.8) is 0 Å². The van der Waals surface area contributed by atoms with Gasteiger partial charge in [-0.1, -0.05) is 0 Å². The maximum absolute atomic E-state index is 12.9. The van der Waals surface area contributed by atoms with E-state index < -0.39 is 0 Å². The predicted molar refractivity (Wildman–Crippen MR) is 153 cm³/mol. The van der Waals surface area contributed by atoms with Crippen LogP contribution in [-0.4, -0.2) is 74.3 Å². The fourth-order valence-electron chi connectivity index (χ4n) is 5.01. The van der Waals surface area contributed by atoms with Crippen molar-refractivity contribution in [3.8, 4) is 11.5 Å². The molecule has 1 N–H and O–H groups in total. The van der Waals surface area contributed by atoms with E-state index in [1.807, 2.05) is 38.1 Å². The highest BCUT2D eigenvalue weighted by atomic mass is 16.5. The number of carbonyl (C=O) groups is 2. The second-order valence-corrected chi connectivity index (χ2v) is 9.76. The summed E-state index contributed by atoms with van der Waals surface area (Å²) in [5, 5.41) is 4.10. The lowest BCUT2D eigenvalue weighted by molar-refractivity contribution is -0.113. The van der Waals surface area contributed by atoms with Crippen LogP contribution in [0.5, 0.6) is 11.5 Å². The summed E-state index contributed by atoms with van der Waals surface area (Å²) in [7, 11) is 3.19. The number of methoxy groups -OCH3 is 2. The Kier molecular flexibility index (Phi) is 8.09. The van der Waals surface area contributed by atoms with Crippen LogP contribution in [0.4, 0.5) is 17.2 Å². The predicted octanol–water partition coefficient (Wildman–Crippen LogP) is 4.11. The molecule has 0 saturated carbocycles. The summed E-state index contributed by atoms with van der Waals surface area (Å²) in [5.74, 6) is 1.21. The molecule has 40 heavy (non-hydrogen) atoms. The van der Waals surface area contributed by atoms with Gasteiger partial charge in [0.25, 0.3) is 0 Å². The van der Waals surface area contributed by atoms with Crippen LogP contribution in [0.25, 0.3) is 16.5 Å². The largest absolute Gasteiger partial charge is 0.493 e. The van der Waals surface area contributed by atoms with Crippen LogP contribution in [0.2, 0.25) is 0 Å². The van der Waals surface area contributed by atoms with Crippen molar-refractivity contribution >= 4 is 45.2 Å². The minimum atomic E-state index is -0.222. The van der Waals surface area contributed by atoms with Crippen LogP contribution in [-0.2, 0) is 19.1 Å². The first-order valence-corrected chi connectivity index (χ1v) is 13.1. The number of allylic oxidation sites excluding steroid dienone is 4. The quantitative estimate of drug-likeness (QED) is 0.312. The van der Waals surface area contributed by atoms with Crippen molar-refractivity contribution in [3.05, 3.63) is 60.5 Å². The highest BCUT2D eigenvalue weighted by molar-refractivity contribution is 6.34. The molecule has 2 aliphatic rings. The minimum Gasteiger partial charge on any atom is -0.493 e. The number of carbonyl (C=O) groups excluding carboxylic acids is 2. The van der Waals surface area contributed by atoms with Gasteiger partial charge in [-0.05, 0) is 56.3 Å². The molecule has 0 amide bonds. The van der Waals surface area contributed by atoms with E-state index in [0.29, 0.717) is 66.0 Å². The van der Waals surface area contributed by atoms with E-state index in [9.17, 15) is 9.59 Å². The number of anilines is 3. The molecule has 10 heteroatoms. The fraction of sp³-hybridized carbons (Fsp3) is 0.333. The van der Waals surface area contributed by atoms with Crippen molar-refractivity contribution in [2.45, 2.75) is 26.1 Å². The lowest BCUT2D eigenvalue weighted by Gasteiger charge is -2.38. The van der Waals surface area contributed by atoms with Gasteiger partial charge in [-0.3, -0.25) is 9.59 Å². The number of ether oxygens (including phenoxy) is 4. The van der Waals surface area contributed by atoms with E-state index in [-0.39, 0.29) is 23.8 Å². The van der Waals surface area contributed by atoms with Gasteiger partial charge in [0.15, 0.2) is 23.1 Å². The van der Waals surface area contributed by atoms with Crippen LogP contribution in [0, 0.1) is 0 Å². The van der Waals surface area contributed by atoms with Crippen LogP contribution < -0.4 is 19.7 Å². The smallest absolute Gasteiger partial charge is 0.186 e. The van der Waals surface area contributed by atoms with Gasteiger partial charge in [-0.2, -0.15) is 0 Å². The molecule has 0 radical (unpaired) electrons. The van der Waals surface area contributed by atoms with Gasteiger partial charge in [0.2, 0.25) is 0 Å². The summed E-state index contributed by atoms with van der Waals surface area (Å²) < 4.78 is 22.4. The van der Waals surface area contributed by atoms with Crippen LogP contribution in [0.15, 0.2) is 54.9 Å². The zero-order valence-corrected chi connectivity index (χ0v) is 23.0. The maximum atomic E-state index is 12.9. The molecule has 1 aliphatic heterocycles. The topological polar surface area (TPSA) is 112 Å². The van der Waals surface area contributed by atoms with Crippen molar-refractivity contribution in [1.82, 2.24) is 9.97 Å². The first kappa shape index (κ1) is 27.3. The van der Waals surface area contributed by atoms with E-state index in [1.165, 1.54) is 24.6 Å². The molecule has 2 heterocycles. The summed E-state index contributed by atoms with van der Waals surface area (Å²) in [6.45, 7) is 6.20. The Morgan fingerprint density at radius 3 is 2.55 bits per heavy atom.